The highest BCUT2D eigenvalue weighted by molar-refractivity contribution is 9.10. The van der Waals surface area contributed by atoms with Gasteiger partial charge in [0, 0.05) is 4.47 Å². The number of aryl methyl sites for hydroxylation is 1. The van der Waals surface area contributed by atoms with E-state index in [0.717, 1.165) is 21.4 Å². The molecule has 2 N–H and O–H groups in total. The van der Waals surface area contributed by atoms with E-state index in [1.54, 1.807) is 0 Å². The molecule has 1 unspecified atom stereocenters. The van der Waals surface area contributed by atoms with Crippen molar-refractivity contribution >= 4 is 33.2 Å². The second-order valence-corrected chi connectivity index (χ2v) is 4.42. The van der Waals surface area contributed by atoms with Gasteiger partial charge in [0.2, 0.25) is 5.91 Å². The maximum atomic E-state index is 11.4. The maximum Gasteiger partial charge on any atom is 0.246 e. The molecular weight excluding hydrogens is 244 g/mol. The average molecular weight is 255 g/mol. The lowest BCUT2D eigenvalue weighted by atomic mass is 10.1. The SMILES string of the molecule is Cc1cc(Br)cc2c1NC(=O)C(C)N2. The molecule has 1 aromatic carbocycles. The van der Waals surface area contributed by atoms with Crippen molar-refractivity contribution in [3.8, 4) is 0 Å². The molecule has 1 atom stereocenters. The van der Waals surface area contributed by atoms with Gasteiger partial charge in [-0.3, -0.25) is 4.79 Å². The molecule has 0 spiro atoms. The van der Waals surface area contributed by atoms with E-state index in [1.165, 1.54) is 0 Å². The van der Waals surface area contributed by atoms with Crippen LogP contribution in [0.4, 0.5) is 11.4 Å². The molecule has 1 aliphatic heterocycles. The van der Waals surface area contributed by atoms with Gasteiger partial charge in [0.25, 0.3) is 0 Å². The van der Waals surface area contributed by atoms with Crippen molar-refractivity contribution in [2.45, 2.75) is 19.9 Å². The van der Waals surface area contributed by atoms with Gasteiger partial charge >= 0.3 is 0 Å². The number of hydrogen-bond donors (Lipinski definition) is 2. The van der Waals surface area contributed by atoms with Gasteiger partial charge in [0.05, 0.1) is 11.4 Å². The molecule has 0 fully saturated rings. The molecule has 0 aromatic heterocycles. The summed E-state index contributed by atoms with van der Waals surface area (Å²) in [5, 5.41) is 6.03. The Labute approximate surface area is 91.0 Å². The van der Waals surface area contributed by atoms with E-state index >= 15 is 0 Å². The van der Waals surface area contributed by atoms with Crippen LogP contribution in [0.1, 0.15) is 12.5 Å². The first-order chi connectivity index (χ1) is 6.58. The summed E-state index contributed by atoms with van der Waals surface area (Å²) >= 11 is 3.42. The average Bonchev–Trinajstić information content (AvgIpc) is 2.08. The Hall–Kier alpha value is -1.03. The van der Waals surface area contributed by atoms with Gasteiger partial charge in [-0.1, -0.05) is 15.9 Å². The molecule has 0 radical (unpaired) electrons. The highest BCUT2D eigenvalue weighted by atomic mass is 79.9. The Balaban J connectivity index is 2.51. The fourth-order valence-electron chi connectivity index (χ4n) is 1.55. The van der Waals surface area contributed by atoms with E-state index in [2.05, 4.69) is 26.6 Å². The molecule has 14 heavy (non-hydrogen) atoms. The quantitative estimate of drug-likeness (QED) is 0.747. The third kappa shape index (κ3) is 1.50. The van der Waals surface area contributed by atoms with Crippen LogP contribution in [0.25, 0.3) is 0 Å². The van der Waals surface area contributed by atoms with Crippen LogP contribution in [0.5, 0.6) is 0 Å². The van der Waals surface area contributed by atoms with Gasteiger partial charge in [-0.25, -0.2) is 0 Å². The van der Waals surface area contributed by atoms with E-state index in [0.29, 0.717) is 0 Å². The second-order valence-electron chi connectivity index (χ2n) is 3.50. The zero-order valence-corrected chi connectivity index (χ0v) is 9.60. The van der Waals surface area contributed by atoms with E-state index in [-0.39, 0.29) is 11.9 Å². The number of hydrogen-bond acceptors (Lipinski definition) is 2. The minimum absolute atomic E-state index is 0.0166. The Morgan fingerprint density at radius 2 is 2.14 bits per heavy atom. The Morgan fingerprint density at radius 1 is 1.43 bits per heavy atom. The predicted octanol–water partition coefficient (Wildman–Crippen LogP) is 2.51. The highest BCUT2D eigenvalue weighted by Crippen LogP contribution is 2.33. The predicted molar refractivity (Wildman–Crippen MR) is 60.6 cm³/mol. The molecule has 0 bridgehead atoms. The first-order valence-corrected chi connectivity index (χ1v) is 5.25. The van der Waals surface area contributed by atoms with Crippen molar-refractivity contribution in [2.75, 3.05) is 10.6 Å². The van der Waals surface area contributed by atoms with Crippen LogP contribution in [0.2, 0.25) is 0 Å². The molecule has 0 saturated heterocycles. The van der Waals surface area contributed by atoms with Crippen LogP contribution < -0.4 is 10.6 Å². The Morgan fingerprint density at radius 3 is 2.86 bits per heavy atom. The molecule has 2 rings (SSSR count). The van der Waals surface area contributed by atoms with Crippen molar-refractivity contribution in [3.63, 3.8) is 0 Å². The molecule has 1 heterocycles. The van der Waals surface area contributed by atoms with Crippen molar-refractivity contribution in [3.05, 3.63) is 22.2 Å². The summed E-state index contributed by atoms with van der Waals surface area (Å²) in [4.78, 5) is 11.4. The second kappa shape index (κ2) is 3.28. The van der Waals surface area contributed by atoms with Gasteiger partial charge in [-0.05, 0) is 31.5 Å². The molecule has 1 aromatic rings. The molecule has 0 saturated carbocycles. The number of amides is 1. The Kier molecular flexibility index (Phi) is 2.23. The third-order valence-electron chi connectivity index (χ3n) is 2.31. The molecule has 0 aliphatic carbocycles. The third-order valence-corrected chi connectivity index (χ3v) is 2.77. The molecule has 4 heteroatoms. The first-order valence-electron chi connectivity index (χ1n) is 4.45. The molecule has 1 amide bonds. The zero-order valence-electron chi connectivity index (χ0n) is 8.02. The summed E-state index contributed by atoms with van der Waals surface area (Å²) in [6.07, 6.45) is 0. The first kappa shape index (κ1) is 9.52. The van der Waals surface area contributed by atoms with Crippen LogP contribution in [0, 0.1) is 6.92 Å². The summed E-state index contributed by atoms with van der Waals surface area (Å²) in [6, 6.07) is 3.78. The van der Waals surface area contributed by atoms with Crippen LogP contribution in [-0.4, -0.2) is 11.9 Å². The number of anilines is 2. The monoisotopic (exact) mass is 254 g/mol. The Bertz CT molecular complexity index is 403. The van der Waals surface area contributed by atoms with Crippen molar-refractivity contribution in [2.24, 2.45) is 0 Å². The van der Waals surface area contributed by atoms with Crippen molar-refractivity contribution in [1.82, 2.24) is 0 Å². The van der Waals surface area contributed by atoms with E-state index < -0.39 is 0 Å². The van der Waals surface area contributed by atoms with E-state index in [4.69, 9.17) is 0 Å². The van der Waals surface area contributed by atoms with Crippen molar-refractivity contribution < 1.29 is 4.79 Å². The van der Waals surface area contributed by atoms with Gasteiger partial charge in [0.1, 0.15) is 6.04 Å². The minimum atomic E-state index is -0.170. The molecule has 3 nitrogen and oxygen atoms in total. The summed E-state index contributed by atoms with van der Waals surface area (Å²) in [5.74, 6) is 0.0166. The van der Waals surface area contributed by atoms with Gasteiger partial charge in [-0.15, -0.1) is 0 Å². The standard InChI is InChI=1S/C10H11BrN2O/c1-5-3-7(11)4-8-9(5)13-10(14)6(2)12-8/h3-4,6,12H,1-2H3,(H,13,14). The lowest BCUT2D eigenvalue weighted by Gasteiger charge is -2.25. The van der Waals surface area contributed by atoms with Crippen molar-refractivity contribution in [1.29, 1.82) is 0 Å². The number of rotatable bonds is 0. The van der Waals surface area contributed by atoms with Gasteiger partial charge in [-0.2, -0.15) is 0 Å². The zero-order chi connectivity index (χ0) is 10.3. The number of halogens is 1. The lowest BCUT2D eigenvalue weighted by molar-refractivity contribution is -0.116. The number of carbonyl (C=O) groups excluding carboxylic acids is 1. The number of benzene rings is 1. The van der Waals surface area contributed by atoms with Gasteiger partial charge in [0.15, 0.2) is 0 Å². The maximum absolute atomic E-state index is 11.4. The molecule has 1 aliphatic rings. The molecule has 74 valence electrons. The van der Waals surface area contributed by atoms with Crippen LogP contribution in [0.15, 0.2) is 16.6 Å². The van der Waals surface area contributed by atoms with Crippen LogP contribution in [-0.2, 0) is 4.79 Å². The normalized spacial score (nSPS) is 19.6. The number of fused-ring (bicyclic) bond motifs is 1. The van der Waals surface area contributed by atoms with E-state index in [9.17, 15) is 4.79 Å². The fraction of sp³-hybridized carbons (Fsp3) is 0.300. The number of carbonyl (C=O) groups is 1. The van der Waals surface area contributed by atoms with Crippen LogP contribution >= 0.6 is 15.9 Å². The van der Waals surface area contributed by atoms with Crippen LogP contribution in [0.3, 0.4) is 0 Å². The summed E-state index contributed by atoms with van der Waals surface area (Å²) < 4.78 is 1.02. The highest BCUT2D eigenvalue weighted by Gasteiger charge is 2.22. The fourth-order valence-corrected chi connectivity index (χ4v) is 2.13. The largest absolute Gasteiger partial charge is 0.372 e. The molecular formula is C10H11BrN2O. The lowest BCUT2D eigenvalue weighted by Crippen LogP contribution is -2.36. The van der Waals surface area contributed by atoms with E-state index in [1.807, 2.05) is 26.0 Å². The summed E-state index contributed by atoms with van der Waals surface area (Å²) in [5.41, 5.74) is 2.92. The summed E-state index contributed by atoms with van der Waals surface area (Å²) in [7, 11) is 0. The smallest absolute Gasteiger partial charge is 0.246 e. The topological polar surface area (TPSA) is 41.1 Å². The van der Waals surface area contributed by atoms with Gasteiger partial charge < -0.3 is 10.6 Å². The minimum Gasteiger partial charge on any atom is -0.372 e. The summed E-state index contributed by atoms with van der Waals surface area (Å²) in [6.45, 7) is 3.82. The number of nitrogens with one attached hydrogen (secondary N) is 2.